The maximum atomic E-state index is 3.39. The van der Waals surface area contributed by atoms with Crippen molar-refractivity contribution in [2.24, 2.45) is 0 Å². The van der Waals surface area contributed by atoms with Crippen LogP contribution >= 0.6 is 0 Å². The van der Waals surface area contributed by atoms with E-state index in [0.717, 1.165) is 9.79 Å². The monoisotopic (exact) mass is 144 g/mol. The van der Waals surface area contributed by atoms with Gasteiger partial charge in [0.15, 0.2) is 0 Å². The quantitative estimate of drug-likeness (QED) is 0.463. The summed E-state index contributed by atoms with van der Waals surface area (Å²) in [4.78, 5) is 2.17. The van der Waals surface area contributed by atoms with Gasteiger partial charge in [-0.05, 0) is 37.4 Å². The molecule has 0 amide bonds. The van der Waals surface area contributed by atoms with E-state index in [-0.39, 0.29) is 0 Å². The lowest BCUT2D eigenvalue weighted by atomic mass is 10.4. The van der Waals surface area contributed by atoms with Crippen LogP contribution in [0.3, 0.4) is 0 Å². The van der Waals surface area contributed by atoms with Crippen LogP contribution in [0, 0.1) is 0 Å². The molecular formula is C6H8S2+2. The van der Waals surface area contributed by atoms with Crippen molar-refractivity contribution in [3.63, 3.8) is 0 Å². The third-order valence-corrected chi connectivity index (χ3v) is 2.05. The van der Waals surface area contributed by atoms with Crippen molar-refractivity contribution in [2.75, 3.05) is 0 Å². The molecule has 0 atom stereocenters. The Morgan fingerprint density at radius 2 is 1.25 bits per heavy atom. The third-order valence-electron chi connectivity index (χ3n) is 0.927. The first-order valence-corrected chi connectivity index (χ1v) is 3.33. The van der Waals surface area contributed by atoms with Crippen molar-refractivity contribution in [1.82, 2.24) is 0 Å². The largest absolute Gasteiger partial charge is 0.204 e. The smallest absolute Gasteiger partial charge is 0.0569 e. The summed E-state index contributed by atoms with van der Waals surface area (Å²) in [7, 11) is 0. The highest BCUT2D eigenvalue weighted by Gasteiger charge is 1.99. The van der Waals surface area contributed by atoms with E-state index in [0.29, 0.717) is 0 Å². The zero-order valence-corrected chi connectivity index (χ0v) is 6.31. The standard InChI is InChI=1S/C6H6S2/c7-5-3-1-2-4-6(5)8/h1-4,7-8H/p+2. The SMILES string of the molecule is [SH2+]c1ccccc1[SH2+]. The van der Waals surface area contributed by atoms with Crippen LogP contribution in [0.4, 0.5) is 0 Å². The average Bonchev–Trinajstić information content (AvgIpc) is 1.77. The van der Waals surface area contributed by atoms with Crippen molar-refractivity contribution < 1.29 is 0 Å². The molecule has 0 aliphatic heterocycles. The van der Waals surface area contributed by atoms with Crippen molar-refractivity contribution in [2.45, 2.75) is 9.79 Å². The number of benzene rings is 1. The molecule has 0 saturated carbocycles. The maximum Gasteiger partial charge on any atom is 0.204 e. The van der Waals surface area contributed by atoms with Crippen LogP contribution in [0.2, 0.25) is 0 Å². The lowest BCUT2D eigenvalue weighted by Gasteiger charge is -1.79. The summed E-state index contributed by atoms with van der Waals surface area (Å²) >= 11 is 6.79. The van der Waals surface area contributed by atoms with Crippen molar-refractivity contribution in [3.8, 4) is 0 Å². The van der Waals surface area contributed by atoms with Crippen molar-refractivity contribution in [1.29, 1.82) is 0 Å². The van der Waals surface area contributed by atoms with Crippen molar-refractivity contribution >= 4 is 25.3 Å². The van der Waals surface area contributed by atoms with Crippen LogP contribution in [0.5, 0.6) is 0 Å². The number of rotatable bonds is 0. The Morgan fingerprint density at radius 1 is 0.875 bits per heavy atom. The lowest BCUT2D eigenvalue weighted by Crippen LogP contribution is -1.73. The van der Waals surface area contributed by atoms with Crippen LogP contribution in [0.1, 0.15) is 0 Å². The van der Waals surface area contributed by atoms with Gasteiger partial charge in [-0.2, -0.15) is 0 Å². The molecule has 1 rings (SSSR count). The van der Waals surface area contributed by atoms with Gasteiger partial charge in [-0.25, -0.2) is 0 Å². The molecule has 0 heterocycles. The van der Waals surface area contributed by atoms with Crippen LogP contribution in [-0.2, 0) is 25.3 Å². The van der Waals surface area contributed by atoms with E-state index in [9.17, 15) is 0 Å². The fourth-order valence-electron chi connectivity index (χ4n) is 0.483. The van der Waals surface area contributed by atoms with E-state index in [2.05, 4.69) is 25.3 Å². The Balaban J connectivity index is 3.13. The molecule has 2 heteroatoms. The Hall–Kier alpha value is -0.0800. The average molecular weight is 144 g/mol. The summed E-state index contributed by atoms with van der Waals surface area (Å²) in [6.45, 7) is 0. The fraction of sp³-hybridized carbons (Fsp3) is 0. The molecule has 0 saturated heterocycles. The molecule has 0 nitrogen and oxygen atoms in total. The Kier molecular flexibility index (Phi) is 1.86. The molecule has 1 aromatic rings. The second-order valence-electron chi connectivity index (χ2n) is 1.55. The van der Waals surface area contributed by atoms with E-state index in [1.54, 1.807) is 0 Å². The zero-order chi connectivity index (χ0) is 5.98. The van der Waals surface area contributed by atoms with Gasteiger partial charge in [0.2, 0.25) is 9.79 Å². The summed E-state index contributed by atoms with van der Waals surface area (Å²) in [5.41, 5.74) is 0. The first-order chi connectivity index (χ1) is 3.80. The Bertz CT molecular complexity index is 163. The molecule has 0 fully saturated rings. The van der Waals surface area contributed by atoms with Crippen molar-refractivity contribution in [3.05, 3.63) is 24.3 Å². The molecule has 42 valence electrons. The topological polar surface area (TPSA) is 0 Å². The predicted octanol–water partition coefficient (Wildman–Crippen LogP) is 0.427. The molecule has 0 spiro atoms. The maximum absolute atomic E-state index is 3.39. The summed E-state index contributed by atoms with van der Waals surface area (Å²) in [6.07, 6.45) is 0. The Morgan fingerprint density at radius 3 is 1.50 bits per heavy atom. The predicted molar refractivity (Wildman–Crippen MR) is 43.3 cm³/mol. The van der Waals surface area contributed by atoms with E-state index in [1.165, 1.54) is 0 Å². The first-order valence-electron chi connectivity index (χ1n) is 2.33. The second-order valence-corrected chi connectivity index (χ2v) is 2.62. The molecule has 0 aromatic heterocycles. The van der Waals surface area contributed by atoms with Gasteiger partial charge >= 0.3 is 0 Å². The fourth-order valence-corrected chi connectivity index (χ4v) is 0.842. The summed E-state index contributed by atoms with van der Waals surface area (Å²) in [5, 5.41) is 0. The minimum absolute atomic E-state index is 1.09. The molecule has 0 aliphatic carbocycles. The van der Waals surface area contributed by atoms with Gasteiger partial charge in [-0.15, -0.1) is 0 Å². The zero-order valence-electron chi connectivity index (χ0n) is 4.31. The molecule has 8 heavy (non-hydrogen) atoms. The molecule has 0 unspecified atom stereocenters. The van der Waals surface area contributed by atoms with Gasteiger partial charge in [0.1, 0.15) is 0 Å². The van der Waals surface area contributed by atoms with Gasteiger partial charge in [-0.1, -0.05) is 12.1 Å². The lowest BCUT2D eigenvalue weighted by molar-refractivity contribution is 1.27. The molecule has 0 bridgehead atoms. The molecule has 0 N–H and O–H groups in total. The highest BCUT2D eigenvalue weighted by molar-refractivity contribution is 7.62. The number of hydrogen-bond donors (Lipinski definition) is 0. The van der Waals surface area contributed by atoms with Gasteiger partial charge in [0.05, 0.1) is 0 Å². The van der Waals surface area contributed by atoms with Gasteiger partial charge < -0.3 is 0 Å². The normalized spacial score (nSPS) is 9.25. The summed E-state index contributed by atoms with van der Waals surface area (Å²) in [5.74, 6) is 0. The molecular weight excluding hydrogens is 136 g/mol. The first kappa shape index (κ1) is 6.05. The van der Waals surface area contributed by atoms with Crippen LogP contribution in [0.15, 0.2) is 34.1 Å². The van der Waals surface area contributed by atoms with Crippen LogP contribution < -0.4 is 0 Å². The second kappa shape index (κ2) is 2.46. The van der Waals surface area contributed by atoms with Gasteiger partial charge in [-0.3, -0.25) is 0 Å². The Labute approximate surface area is 59.7 Å². The minimum Gasteiger partial charge on any atom is -0.0569 e. The van der Waals surface area contributed by atoms with E-state index in [1.807, 2.05) is 24.3 Å². The number of hydrogen-bond acceptors (Lipinski definition) is 0. The third kappa shape index (κ3) is 1.20. The molecule has 0 radical (unpaired) electrons. The summed E-state index contributed by atoms with van der Waals surface area (Å²) in [6, 6.07) is 7.93. The minimum atomic E-state index is 1.09. The van der Waals surface area contributed by atoms with E-state index in [4.69, 9.17) is 0 Å². The molecule has 0 aliphatic rings. The summed E-state index contributed by atoms with van der Waals surface area (Å²) < 4.78 is 0. The van der Waals surface area contributed by atoms with E-state index < -0.39 is 0 Å². The highest BCUT2D eigenvalue weighted by atomic mass is 32.1. The van der Waals surface area contributed by atoms with Crippen LogP contribution in [-0.4, -0.2) is 0 Å². The van der Waals surface area contributed by atoms with Gasteiger partial charge in [0.25, 0.3) is 0 Å². The molecule has 1 aromatic carbocycles. The van der Waals surface area contributed by atoms with E-state index >= 15 is 0 Å². The highest BCUT2D eigenvalue weighted by Crippen LogP contribution is 2.04. The van der Waals surface area contributed by atoms with Gasteiger partial charge in [0, 0.05) is 0 Å². The van der Waals surface area contributed by atoms with Crippen LogP contribution in [0.25, 0.3) is 0 Å².